The lowest BCUT2D eigenvalue weighted by atomic mass is 10.0. The standard InChI is InChI=1S/C18H31N5O/c1-14(2)7-5-8-15(3)23-18(19-4)22-12-11-21-17(24)16-9-6-10-20-13-16/h6,9-10,13-15H,5,7-8,11-12H2,1-4H3,(H,21,24)(H2,19,22,23). The summed E-state index contributed by atoms with van der Waals surface area (Å²) < 4.78 is 0. The Kier molecular flexibility index (Phi) is 9.49. The van der Waals surface area contributed by atoms with Crippen molar-refractivity contribution in [3.8, 4) is 0 Å². The maximum absolute atomic E-state index is 11.9. The highest BCUT2D eigenvalue weighted by Gasteiger charge is 2.07. The molecule has 24 heavy (non-hydrogen) atoms. The van der Waals surface area contributed by atoms with Crippen LogP contribution in [0.15, 0.2) is 29.5 Å². The lowest BCUT2D eigenvalue weighted by molar-refractivity contribution is 0.0954. The van der Waals surface area contributed by atoms with Crippen LogP contribution in [0.3, 0.4) is 0 Å². The number of hydrogen-bond donors (Lipinski definition) is 3. The summed E-state index contributed by atoms with van der Waals surface area (Å²) in [5.41, 5.74) is 0.568. The molecule has 6 heteroatoms. The lowest BCUT2D eigenvalue weighted by Crippen LogP contribution is -2.44. The van der Waals surface area contributed by atoms with Crippen LogP contribution >= 0.6 is 0 Å². The quantitative estimate of drug-likeness (QED) is 0.368. The van der Waals surface area contributed by atoms with Gasteiger partial charge in [0.25, 0.3) is 5.91 Å². The Morgan fingerprint density at radius 3 is 2.58 bits per heavy atom. The smallest absolute Gasteiger partial charge is 0.252 e. The van der Waals surface area contributed by atoms with Gasteiger partial charge in [0, 0.05) is 38.6 Å². The van der Waals surface area contributed by atoms with E-state index in [9.17, 15) is 4.79 Å². The van der Waals surface area contributed by atoms with Crippen LogP contribution in [0.5, 0.6) is 0 Å². The zero-order valence-corrected chi connectivity index (χ0v) is 15.3. The fraction of sp³-hybridized carbons (Fsp3) is 0.611. The first-order chi connectivity index (χ1) is 11.5. The molecule has 0 fully saturated rings. The fourth-order valence-electron chi connectivity index (χ4n) is 2.29. The van der Waals surface area contributed by atoms with Gasteiger partial charge in [-0.05, 0) is 31.4 Å². The summed E-state index contributed by atoms with van der Waals surface area (Å²) in [5, 5.41) is 9.45. The van der Waals surface area contributed by atoms with Gasteiger partial charge in [0.15, 0.2) is 5.96 Å². The van der Waals surface area contributed by atoms with E-state index in [0.29, 0.717) is 24.7 Å². The van der Waals surface area contributed by atoms with E-state index in [0.717, 1.165) is 18.3 Å². The third kappa shape index (κ3) is 8.50. The average Bonchev–Trinajstić information content (AvgIpc) is 2.57. The third-order valence-corrected chi connectivity index (χ3v) is 3.65. The van der Waals surface area contributed by atoms with Crippen LogP contribution in [0, 0.1) is 5.92 Å². The number of carbonyl (C=O) groups is 1. The van der Waals surface area contributed by atoms with Crippen molar-refractivity contribution in [2.45, 2.75) is 46.1 Å². The predicted molar refractivity (Wildman–Crippen MR) is 99.2 cm³/mol. The third-order valence-electron chi connectivity index (χ3n) is 3.65. The van der Waals surface area contributed by atoms with Crippen molar-refractivity contribution in [3.05, 3.63) is 30.1 Å². The molecule has 0 bridgehead atoms. The first-order valence-corrected chi connectivity index (χ1v) is 8.68. The summed E-state index contributed by atoms with van der Waals surface area (Å²) in [5.74, 6) is 1.40. The van der Waals surface area contributed by atoms with Crippen LogP contribution in [0.2, 0.25) is 0 Å². The Morgan fingerprint density at radius 1 is 1.21 bits per heavy atom. The van der Waals surface area contributed by atoms with Crippen molar-refractivity contribution in [2.75, 3.05) is 20.1 Å². The van der Waals surface area contributed by atoms with Crippen molar-refractivity contribution in [2.24, 2.45) is 10.9 Å². The molecule has 0 aliphatic rings. The molecule has 0 radical (unpaired) electrons. The molecule has 1 amide bonds. The number of carbonyl (C=O) groups excluding carboxylic acids is 1. The number of rotatable bonds is 9. The van der Waals surface area contributed by atoms with E-state index < -0.39 is 0 Å². The van der Waals surface area contributed by atoms with Gasteiger partial charge in [-0.25, -0.2) is 0 Å². The number of hydrogen-bond acceptors (Lipinski definition) is 3. The highest BCUT2D eigenvalue weighted by molar-refractivity contribution is 5.93. The highest BCUT2D eigenvalue weighted by atomic mass is 16.1. The van der Waals surface area contributed by atoms with E-state index in [4.69, 9.17) is 0 Å². The molecule has 0 aliphatic heterocycles. The molecule has 3 N–H and O–H groups in total. The number of nitrogens with zero attached hydrogens (tertiary/aromatic N) is 2. The van der Waals surface area contributed by atoms with Gasteiger partial charge in [0.1, 0.15) is 0 Å². The summed E-state index contributed by atoms with van der Waals surface area (Å²) in [4.78, 5) is 20.0. The Balaban J connectivity index is 2.21. The second-order valence-corrected chi connectivity index (χ2v) is 6.37. The zero-order valence-electron chi connectivity index (χ0n) is 15.3. The van der Waals surface area contributed by atoms with Crippen LogP contribution in [0.1, 0.15) is 50.4 Å². The van der Waals surface area contributed by atoms with E-state index in [-0.39, 0.29) is 5.91 Å². The fourth-order valence-corrected chi connectivity index (χ4v) is 2.29. The first-order valence-electron chi connectivity index (χ1n) is 8.68. The van der Waals surface area contributed by atoms with E-state index in [2.05, 4.69) is 46.7 Å². The van der Waals surface area contributed by atoms with Gasteiger partial charge in [-0.1, -0.05) is 26.7 Å². The first kappa shape index (κ1) is 19.9. The molecule has 0 saturated carbocycles. The Hall–Kier alpha value is -2.11. The largest absolute Gasteiger partial charge is 0.355 e. The topological polar surface area (TPSA) is 78.4 Å². The van der Waals surface area contributed by atoms with Crippen molar-refractivity contribution in [1.29, 1.82) is 0 Å². The van der Waals surface area contributed by atoms with Crippen LogP contribution in [0.4, 0.5) is 0 Å². The van der Waals surface area contributed by atoms with E-state index in [1.807, 2.05) is 0 Å². The van der Waals surface area contributed by atoms with Crippen LogP contribution in [0.25, 0.3) is 0 Å². The summed E-state index contributed by atoms with van der Waals surface area (Å²) in [7, 11) is 1.75. The van der Waals surface area contributed by atoms with Gasteiger partial charge >= 0.3 is 0 Å². The van der Waals surface area contributed by atoms with Gasteiger partial charge in [-0.3, -0.25) is 14.8 Å². The molecule has 1 atom stereocenters. The molecule has 0 saturated heterocycles. The Labute approximate surface area is 145 Å². The van der Waals surface area contributed by atoms with Crippen molar-refractivity contribution >= 4 is 11.9 Å². The van der Waals surface area contributed by atoms with Crippen LogP contribution < -0.4 is 16.0 Å². The van der Waals surface area contributed by atoms with Gasteiger partial charge in [-0.2, -0.15) is 0 Å². The number of nitrogens with one attached hydrogen (secondary N) is 3. The van der Waals surface area contributed by atoms with Crippen LogP contribution in [-0.2, 0) is 0 Å². The van der Waals surface area contributed by atoms with Gasteiger partial charge in [-0.15, -0.1) is 0 Å². The van der Waals surface area contributed by atoms with Gasteiger partial charge in [0.05, 0.1) is 5.56 Å². The zero-order chi connectivity index (χ0) is 17.8. The SMILES string of the molecule is CN=C(NCCNC(=O)c1cccnc1)NC(C)CCCC(C)C. The summed E-state index contributed by atoms with van der Waals surface area (Å²) >= 11 is 0. The highest BCUT2D eigenvalue weighted by Crippen LogP contribution is 2.08. The molecule has 0 spiro atoms. The minimum atomic E-state index is -0.116. The molecule has 6 nitrogen and oxygen atoms in total. The lowest BCUT2D eigenvalue weighted by Gasteiger charge is -2.18. The number of aromatic nitrogens is 1. The molecule has 134 valence electrons. The molecule has 1 aromatic heterocycles. The second-order valence-electron chi connectivity index (χ2n) is 6.37. The van der Waals surface area contributed by atoms with Crippen molar-refractivity contribution in [1.82, 2.24) is 20.9 Å². The molecular weight excluding hydrogens is 302 g/mol. The second kappa shape index (κ2) is 11.4. The molecule has 1 unspecified atom stereocenters. The molecular formula is C18H31N5O. The van der Waals surface area contributed by atoms with E-state index in [1.54, 1.807) is 31.6 Å². The monoisotopic (exact) mass is 333 g/mol. The maximum atomic E-state index is 11.9. The van der Waals surface area contributed by atoms with E-state index >= 15 is 0 Å². The van der Waals surface area contributed by atoms with Crippen molar-refractivity contribution < 1.29 is 4.79 Å². The van der Waals surface area contributed by atoms with Gasteiger partial charge < -0.3 is 16.0 Å². The normalized spacial score (nSPS) is 12.8. The molecule has 1 rings (SSSR count). The minimum Gasteiger partial charge on any atom is -0.355 e. The number of amides is 1. The summed E-state index contributed by atoms with van der Waals surface area (Å²) in [6.45, 7) is 7.80. The maximum Gasteiger partial charge on any atom is 0.252 e. The minimum absolute atomic E-state index is 0.116. The molecule has 1 aromatic rings. The predicted octanol–water partition coefficient (Wildman–Crippen LogP) is 2.19. The molecule has 1 heterocycles. The Morgan fingerprint density at radius 2 is 1.96 bits per heavy atom. The summed E-state index contributed by atoms with van der Waals surface area (Å²) in [6.07, 6.45) is 6.79. The number of aliphatic imine (C=N–C) groups is 1. The van der Waals surface area contributed by atoms with Crippen LogP contribution in [-0.4, -0.2) is 43.0 Å². The summed E-state index contributed by atoms with van der Waals surface area (Å²) in [6, 6.07) is 3.87. The molecule has 0 aromatic carbocycles. The van der Waals surface area contributed by atoms with Gasteiger partial charge in [0.2, 0.25) is 0 Å². The molecule has 0 aliphatic carbocycles. The van der Waals surface area contributed by atoms with E-state index in [1.165, 1.54) is 12.8 Å². The number of pyridine rings is 1. The number of guanidine groups is 1. The average molecular weight is 333 g/mol. The van der Waals surface area contributed by atoms with Crippen molar-refractivity contribution in [3.63, 3.8) is 0 Å². The Bertz CT molecular complexity index is 501.